The Morgan fingerprint density at radius 2 is 2.28 bits per heavy atom. The SMILES string of the molecule is CCOC(=O)C1(C(O)OCC)CCC=C(C=O)C1. The number of carbonyl (C=O) groups excluding carboxylic acids is 2. The summed E-state index contributed by atoms with van der Waals surface area (Å²) in [6.45, 7) is 3.97. The third-order valence-electron chi connectivity index (χ3n) is 3.15. The van der Waals surface area contributed by atoms with Crippen molar-refractivity contribution in [2.45, 2.75) is 39.4 Å². The molecule has 1 aliphatic rings. The fourth-order valence-electron chi connectivity index (χ4n) is 2.21. The molecule has 1 N–H and O–H groups in total. The largest absolute Gasteiger partial charge is 0.465 e. The summed E-state index contributed by atoms with van der Waals surface area (Å²) in [6, 6.07) is 0. The van der Waals surface area contributed by atoms with Gasteiger partial charge in [-0.05, 0) is 38.7 Å². The minimum absolute atomic E-state index is 0.163. The van der Waals surface area contributed by atoms with E-state index in [-0.39, 0.29) is 13.0 Å². The summed E-state index contributed by atoms with van der Waals surface area (Å²) >= 11 is 0. The van der Waals surface area contributed by atoms with Crippen molar-refractivity contribution >= 4 is 12.3 Å². The Bertz CT molecular complexity index is 336. The molecule has 0 aromatic heterocycles. The Labute approximate surface area is 107 Å². The van der Waals surface area contributed by atoms with E-state index in [0.29, 0.717) is 31.3 Å². The summed E-state index contributed by atoms with van der Waals surface area (Å²) < 4.78 is 10.2. The van der Waals surface area contributed by atoms with Gasteiger partial charge in [-0.2, -0.15) is 0 Å². The minimum atomic E-state index is -1.25. The van der Waals surface area contributed by atoms with Gasteiger partial charge in [-0.15, -0.1) is 0 Å². The number of aliphatic hydroxyl groups is 1. The molecule has 0 fully saturated rings. The van der Waals surface area contributed by atoms with Gasteiger partial charge in [0, 0.05) is 6.61 Å². The summed E-state index contributed by atoms with van der Waals surface area (Å²) in [5, 5.41) is 10.1. The molecule has 0 saturated heterocycles. The van der Waals surface area contributed by atoms with Crippen LogP contribution in [0.15, 0.2) is 11.6 Å². The molecule has 1 aliphatic carbocycles. The molecule has 0 spiro atoms. The van der Waals surface area contributed by atoms with E-state index in [2.05, 4.69) is 0 Å². The Hall–Kier alpha value is -1.20. The molecule has 5 nitrogen and oxygen atoms in total. The number of aldehydes is 1. The van der Waals surface area contributed by atoms with Crippen LogP contribution in [0.25, 0.3) is 0 Å². The average molecular weight is 256 g/mol. The Morgan fingerprint density at radius 3 is 2.83 bits per heavy atom. The van der Waals surface area contributed by atoms with Gasteiger partial charge in [-0.25, -0.2) is 0 Å². The molecule has 2 atom stereocenters. The standard InChI is InChI=1S/C13H20O5/c1-3-17-11(15)13(12(16)18-4-2)7-5-6-10(8-13)9-14/h6,9,11,15H,3-5,7-8H2,1-2H3. The topological polar surface area (TPSA) is 72.8 Å². The lowest BCUT2D eigenvalue weighted by atomic mass is 9.73. The van der Waals surface area contributed by atoms with Crippen LogP contribution < -0.4 is 0 Å². The molecule has 0 radical (unpaired) electrons. The van der Waals surface area contributed by atoms with E-state index in [1.165, 1.54) is 0 Å². The fraction of sp³-hybridized carbons (Fsp3) is 0.692. The van der Waals surface area contributed by atoms with Crippen molar-refractivity contribution in [2.24, 2.45) is 5.41 Å². The first kappa shape index (κ1) is 14.9. The van der Waals surface area contributed by atoms with Gasteiger partial charge in [0.1, 0.15) is 11.7 Å². The normalized spacial score (nSPS) is 25.2. The van der Waals surface area contributed by atoms with Crippen molar-refractivity contribution in [3.8, 4) is 0 Å². The summed E-state index contributed by atoms with van der Waals surface area (Å²) in [5.74, 6) is -0.501. The second-order valence-corrected chi connectivity index (χ2v) is 4.30. The molecule has 0 aromatic carbocycles. The zero-order valence-electron chi connectivity index (χ0n) is 10.8. The summed E-state index contributed by atoms with van der Waals surface area (Å²) in [7, 11) is 0. The van der Waals surface area contributed by atoms with Crippen molar-refractivity contribution in [1.82, 2.24) is 0 Å². The van der Waals surface area contributed by atoms with Gasteiger partial charge in [-0.1, -0.05) is 6.08 Å². The molecule has 18 heavy (non-hydrogen) atoms. The van der Waals surface area contributed by atoms with Crippen molar-refractivity contribution in [2.75, 3.05) is 13.2 Å². The first-order chi connectivity index (χ1) is 8.60. The molecule has 102 valence electrons. The van der Waals surface area contributed by atoms with E-state index in [4.69, 9.17) is 9.47 Å². The third-order valence-corrected chi connectivity index (χ3v) is 3.15. The van der Waals surface area contributed by atoms with Crippen LogP contribution in [0.3, 0.4) is 0 Å². The van der Waals surface area contributed by atoms with Gasteiger partial charge in [0.15, 0.2) is 6.29 Å². The van der Waals surface area contributed by atoms with Crippen molar-refractivity contribution in [3.63, 3.8) is 0 Å². The van der Waals surface area contributed by atoms with E-state index in [9.17, 15) is 14.7 Å². The molecule has 0 amide bonds. The number of hydrogen-bond donors (Lipinski definition) is 1. The van der Waals surface area contributed by atoms with E-state index in [0.717, 1.165) is 0 Å². The van der Waals surface area contributed by atoms with Crippen LogP contribution in [-0.2, 0) is 19.1 Å². The van der Waals surface area contributed by atoms with Crippen LogP contribution in [0.1, 0.15) is 33.1 Å². The quantitative estimate of drug-likeness (QED) is 0.439. The number of allylic oxidation sites excluding steroid dienone is 2. The zero-order valence-corrected chi connectivity index (χ0v) is 10.8. The highest BCUT2D eigenvalue weighted by atomic mass is 16.6. The molecule has 5 heteroatoms. The number of rotatable bonds is 6. The van der Waals surface area contributed by atoms with Gasteiger partial charge in [0.05, 0.1) is 6.61 Å². The molecule has 0 heterocycles. The predicted molar refractivity (Wildman–Crippen MR) is 64.7 cm³/mol. The Kier molecular flexibility index (Phi) is 5.50. The number of ether oxygens (including phenoxy) is 2. The van der Waals surface area contributed by atoms with Crippen LogP contribution in [0.2, 0.25) is 0 Å². The van der Waals surface area contributed by atoms with Crippen LogP contribution in [0.5, 0.6) is 0 Å². The van der Waals surface area contributed by atoms with E-state index >= 15 is 0 Å². The highest BCUT2D eigenvalue weighted by molar-refractivity contribution is 5.82. The monoisotopic (exact) mass is 256 g/mol. The Balaban J connectivity index is 2.98. The lowest BCUT2D eigenvalue weighted by Crippen LogP contribution is -2.46. The second kappa shape index (κ2) is 6.66. The van der Waals surface area contributed by atoms with Gasteiger partial charge in [-0.3, -0.25) is 9.59 Å². The molecule has 0 bridgehead atoms. The van der Waals surface area contributed by atoms with E-state index in [1.807, 2.05) is 0 Å². The van der Waals surface area contributed by atoms with Crippen molar-refractivity contribution < 1.29 is 24.2 Å². The van der Waals surface area contributed by atoms with Gasteiger partial charge >= 0.3 is 5.97 Å². The molecule has 0 aromatic rings. The highest BCUT2D eigenvalue weighted by Gasteiger charge is 2.48. The number of esters is 1. The predicted octanol–water partition coefficient (Wildman–Crippen LogP) is 1.20. The van der Waals surface area contributed by atoms with Crippen LogP contribution in [0.4, 0.5) is 0 Å². The molecular weight excluding hydrogens is 236 g/mol. The third kappa shape index (κ3) is 2.97. The highest BCUT2D eigenvalue weighted by Crippen LogP contribution is 2.40. The van der Waals surface area contributed by atoms with Crippen molar-refractivity contribution in [1.29, 1.82) is 0 Å². The lowest BCUT2D eigenvalue weighted by Gasteiger charge is -2.37. The number of aliphatic hydroxyl groups excluding tert-OH is 1. The first-order valence-electron chi connectivity index (χ1n) is 6.21. The molecule has 0 saturated carbocycles. The summed E-state index contributed by atoms with van der Waals surface area (Å²) in [6.07, 6.45) is 2.39. The van der Waals surface area contributed by atoms with Gasteiger partial charge < -0.3 is 14.6 Å². The first-order valence-corrected chi connectivity index (χ1v) is 6.21. The smallest absolute Gasteiger partial charge is 0.317 e. The summed E-state index contributed by atoms with van der Waals surface area (Å²) in [4.78, 5) is 23.0. The lowest BCUT2D eigenvalue weighted by molar-refractivity contribution is -0.203. The van der Waals surface area contributed by atoms with Crippen LogP contribution >= 0.6 is 0 Å². The maximum Gasteiger partial charge on any atom is 0.317 e. The summed E-state index contributed by atoms with van der Waals surface area (Å²) in [5.41, 5.74) is -0.648. The number of hydrogen-bond acceptors (Lipinski definition) is 5. The van der Waals surface area contributed by atoms with Crippen LogP contribution in [-0.4, -0.2) is 36.9 Å². The maximum absolute atomic E-state index is 12.1. The maximum atomic E-state index is 12.1. The fourth-order valence-corrected chi connectivity index (χ4v) is 2.21. The average Bonchev–Trinajstić information content (AvgIpc) is 2.39. The Morgan fingerprint density at radius 1 is 1.56 bits per heavy atom. The molecule has 0 aliphatic heterocycles. The number of carbonyl (C=O) groups is 2. The van der Waals surface area contributed by atoms with Crippen molar-refractivity contribution in [3.05, 3.63) is 11.6 Å². The zero-order chi connectivity index (χ0) is 13.6. The van der Waals surface area contributed by atoms with Gasteiger partial charge in [0.2, 0.25) is 0 Å². The van der Waals surface area contributed by atoms with Crippen LogP contribution in [0, 0.1) is 5.41 Å². The van der Waals surface area contributed by atoms with Gasteiger partial charge in [0.25, 0.3) is 0 Å². The molecular formula is C13H20O5. The second-order valence-electron chi connectivity index (χ2n) is 4.30. The minimum Gasteiger partial charge on any atom is -0.465 e. The molecule has 1 rings (SSSR count). The van der Waals surface area contributed by atoms with E-state index < -0.39 is 17.7 Å². The molecule has 2 unspecified atom stereocenters. The van der Waals surface area contributed by atoms with E-state index in [1.54, 1.807) is 19.9 Å².